The molecule has 0 radical (unpaired) electrons. The third-order valence-electron chi connectivity index (χ3n) is 7.23. The molecule has 0 aliphatic carbocycles. The summed E-state index contributed by atoms with van der Waals surface area (Å²) in [4.78, 5) is 57.7. The van der Waals surface area contributed by atoms with Crippen LogP contribution in [-0.4, -0.2) is 51.0 Å². The summed E-state index contributed by atoms with van der Waals surface area (Å²) < 4.78 is 17.0. The van der Waals surface area contributed by atoms with E-state index < -0.39 is 35.8 Å². The van der Waals surface area contributed by atoms with Gasteiger partial charge in [-0.1, -0.05) is 58.0 Å². The number of amides is 2. The summed E-state index contributed by atoms with van der Waals surface area (Å²) in [6, 6.07) is 16.3. The molecule has 0 saturated heterocycles. The van der Waals surface area contributed by atoms with E-state index in [0.717, 1.165) is 0 Å². The molecule has 1 unspecified atom stereocenters. The van der Waals surface area contributed by atoms with E-state index in [1.165, 1.54) is 0 Å². The van der Waals surface area contributed by atoms with Crippen LogP contribution in [0.3, 0.4) is 0 Å². The standard InChI is InChI=1S/C33H33N5O7/c1-18(2)26-32(41)43-16-20-10-9-11-21(34-20)17-44-33(42)27(19(3)4)36-29(40)23-13-6-8-15-25(23)31-38-37-30(45-31)24-14-7-5-12-22(24)28(39)35-26/h5-15,18-19,26-27H,16-17H2,1-4H3,(H,35,39)(H,36,40)/t26-,27?/m0/s1. The van der Waals surface area contributed by atoms with Gasteiger partial charge in [0.15, 0.2) is 0 Å². The van der Waals surface area contributed by atoms with Crippen LogP contribution in [-0.2, 0) is 32.3 Å². The predicted molar refractivity (Wildman–Crippen MR) is 161 cm³/mol. The van der Waals surface area contributed by atoms with Gasteiger partial charge < -0.3 is 24.5 Å². The number of hydrogen-bond donors (Lipinski definition) is 2. The Kier molecular flexibility index (Phi) is 9.31. The normalized spacial score (nSPS) is 18.0. The SMILES string of the molecule is CC(C)C1NC(=O)c2ccccc2-c2nnc(o2)-c2ccccc2C(=O)N[C@@H](C(C)C)C(=O)OCc2cccc(n2)COC1=O. The van der Waals surface area contributed by atoms with Crippen LogP contribution < -0.4 is 10.6 Å². The van der Waals surface area contributed by atoms with Gasteiger partial charge in [-0.3, -0.25) is 14.6 Å². The Hall–Kier alpha value is -5.39. The van der Waals surface area contributed by atoms with Crippen LogP contribution in [0.15, 0.2) is 71.1 Å². The summed E-state index contributed by atoms with van der Waals surface area (Å²) in [5.74, 6) is -2.88. The number of benzene rings is 2. The minimum Gasteiger partial charge on any atom is -0.458 e. The Morgan fingerprint density at radius 2 is 1.00 bits per heavy atom. The molecule has 4 bridgehead atoms. The molecule has 2 atom stereocenters. The second kappa shape index (κ2) is 13.5. The summed E-state index contributed by atoms with van der Waals surface area (Å²) in [5, 5.41) is 13.9. The summed E-state index contributed by atoms with van der Waals surface area (Å²) in [6.07, 6.45) is 0. The summed E-state index contributed by atoms with van der Waals surface area (Å²) in [7, 11) is 0. The zero-order chi connectivity index (χ0) is 32.1. The molecule has 12 heteroatoms. The smallest absolute Gasteiger partial charge is 0.329 e. The van der Waals surface area contributed by atoms with E-state index in [1.807, 2.05) is 0 Å². The summed E-state index contributed by atoms with van der Waals surface area (Å²) in [6.45, 7) is 6.83. The average Bonchev–Trinajstić information content (AvgIpc) is 3.53. The van der Waals surface area contributed by atoms with E-state index in [1.54, 1.807) is 94.4 Å². The van der Waals surface area contributed by atoms with Crippen molar-refractivity contribution in [3.05, 3.63) is 89.2 Å². The molecule has 2 amide bonds. The van der Waals surface area contributed by atoms with Crippen LogP contribution in [0.1, 0.15) is 59.8 Å². The first kappa shape index (κ1) is 31.0. The van der Waals surface area contributed by atoms with Gasteiger partial charge in [0.25, 0.3) is 11.8 Å². The molecule has 2 N–H and O–H groups in total. The highest BCUT2D eigenvalue weighted by Crippen LogP contribution is 2.29. The highest BCUT2D eigenvalue weighted by Gasteiger charge is 2.30. The average molecular weight is 612 g/mol. The van der Waals surface area contributed by atoms with Crippen molar-refractivity contribution in [1.29, 1.82) is 0 Å². The molecule has 4 aromatic rings. The van der Waals surface area contributed by atoms with Crippen LogP contribution in [0.5, 0.6) is 0 Å². The predicted octanol–water partition coefficient (Wildman–Crippen LogP) is 4.11. The lowest BCUT2D eigenvalue weighted by atomic mass is 10.0. The fourth-order valence-electron chi connectivity index (χ4n) is 4.77. The second-order valence-corrected chi connectivity index (χ2v) is 11.2. The number of cyclic esters (lactones) is 2. The van der Waals surface area contributed by atoms with Gasteiger partial charge in [-0.2, -0.15) is 0 Å². The molecule has 0 saturated carbocycles. The Balaban J connectivity index is 1.56. The largest absolute Gasteiger partial charge is 0.458 e. The number of ether oxygens (including phenoxy) is 2. The Bertz CT molecular complexity index is 1610. The number of rotatable bonds is 2. The number of pyridine rings is 1. The van der Waals surface area contributed by atoms with Crippen molar-refractivity contribution in [3.8, 4) is 22.9 Å². The molecule has 2 aromatic carbocycles. The molecule has 1 aliphatic heterocycles. The zero-order valence-electron chi connectivity index (χ0n) is 25.3. The maximum absolute atomic E-state index is 13.5. The molecule has 0 fully saturated rings. The number of hydrogen-bond acceptors (Lipinski definition) is 10. The van der Waals surface area contributed by atoms with Crippen molar-refractivity contribution in [2.45, 2.75) is 53.0 Å². The number of nitrogens with one attached hydrogen (secondary N) is 2. The molecular formula is C33H33N5O7. The van der Waals surface area contributed by atoms with E-state index in [4.69, 9.17) is 13.9 Å². The zero-order valence-corrected chi connectivity index (χ0v) is 25.3. The van der Waals surface area contributed by atoms with Gasteiger partial charge >= 0.3 is 11.9 Å². The minimum absolute atomic E-state index is 0.0337. The molecule has 0 spiro atoms. The van der Waals surface area contributed by atoms with Crippen molar-refractivity contribution in [3.63, 3.8) is 0 Å². The lowest BCUT2D eigenvalue weighted by Crippen LogP contribution is -2.45. The van der Waals surface area contributed by atoms with E-state index in [9.17, 15) is 19.2 Å². The Morgan fingerprint density at radius 1 is 0.600 bits per heavy atom. The number of aromatic nitrogens is 3. The Labute approximate surface area is 259 Å². The maximum atomic E-state index is 13.5. The number of fused-ring (bicyclic) bond motifs is 8. The number of nitrogens with zero attached hydrogens (tertiary/aromatic N) is 3. The lowest BCUT2D eigenvalue weighted by Gasteiger charge is -2.22. The van der Waals surface area contributed by atoms with Crippen LogP contribution in [0, 0.1) is 11.8 Å². The molecule has 232 valence electrons. The second-order valence-electron chi connectivity index (χ2n) is 11.2. The van der Waals surface area contributed by atoms with Crippen molar-refractivity contribution in [1.82, 2.24) is 25.8 Å². The molecule has 45 heavy (non-hydrogen) atoms. The van der Waals surface area contributed by atoms with Crippen molar-refractivity contribution in [2.24, 2.45) is 11.8 Å². The Morgan fingerprint density at radius 3 is 1.40 bits per heavy atom. The molecule has 12 nitrogen and oxygen atoms in total. The lowest BCUT2D eigenvalue weighted by molar-refractivity contribution is -0.149. The minimum atomic E-state index is -0.968. The number of carbonyl (C=O) groups is 4. The van der Waals surface area contributed by atoms with E-state index >= 15 is 0 Å². The van der Waals surface area contributed by atoms with Gasteiger partial charge in [0.2, 0.25) is 11.8 Å². The molecule has 1 aliphatic rings. The topological polar surface area (TPSA) is 163 Å². The van der Waals surface area contributed by atoms with E-state index in [2.05, 4.69) is 25.8 Å². The van der Waals surface area contributed by atoms with Crippen LogP contribution in [0.25, 0.3) is 22.9 Å². The van der Waals surface area contributed by atoms with Gasteiger partial charge in [-0.25, -0.2) is 9.59 Å². The van der Waals surface area contributed by atoms with E-state index in [-0.39, 0.29) is 48.0 Å². The summed E-state index contributed by atoms with van der Waals surface area (Å²) >= 11 is 0. The van der Waals surface area contributed by atoms with Gasteiger partial charge in [0.05, 0.1) is 33.6 Å². The van der Waals surface area contributed by atoms with Gasteiger partial charge in [0.1, 0.15) is 25.3 Å². The number of esters is 2. The van der Waals surface area contributed by atoms with Crippen molar-refractivity contribution < 1.29 is 33.1 Å². The van der Waals surface area contributed by atoms with Crippen molar-refractivity contribution in [2.75, 3.05) is 0 Å². The first-order chi connectivity index (χ1) is 21.6. The molecule has 3 heterocycles. The molecule has 5 rings (SSSR count). The van der Waals surface area contributed by atoms with Crippen LogP contribution in [0.2, 0.25) is 0 Å². The number of carbonyl (C=O) groups excluding carboxylic acids is 4. The first-order valence-electron chi connectivity index (χ1n) is 14.5. The highest BCUT2D eigenvalue weighted by atomic mass is 16.5. The molecule has 2 aromatic heterocycles. The van der Waals surface area contributed by atoms with Crippen LogP contribution in [0.4, 0.5) is 0 Å². The fraction of sp³-hybridized carbons (Fsp3) is 0.303. The van der Waals surface area contributed by atoms with Crippen LogP contribution >= 0.6 is 0 Å². The third-order valence-corrected chi connectivity index (χ3v) is 7.23. The van der Waals surface area contributed by atoms with E-state index in [0.29, 0.717) is 22.5 Å². The monoisotopic (exact) mass is 611 g/mol. The van der Waals surface area contributed by atoms with Gasteiger partial charge in [0, 0.05) is 0 Å². The van der Waals surface area contributed by atoms with Crippen molar-refractivity contribution >= 4 is 23.8 Å². The highest BCUT2D eigenvalue weighted by molar-refractivity contribution is 6.03. The van der Waals surface area contributed by atoms with Gasteiger partial charge in [-0.05, 0) is 48.2 Å². The third kappa shape index (κ3) is 7.06. The molecular weight excluding hydrogens is 578 g/mol. The van der Waals surface area contributed by atoms with Gasteiger partial charge in [-0.15, -0.1) is 10.2 Å². The summed E-state index contributed by atoms with van der Waals surface area (Å²) in [5.41, 5.74) is 1.92. The maximum Gasteiger partial charge on any atom is 0.329 e. The first-order valence-corrected chi connectivity index (χ1v) is 14.5. The quantitative estimate of drug-likeness (QED) is 0.316. The fourth-order valence-corrected chi connectivity index (χ4v) is 4.77.